The Hall–Kier alpha value is -1.27. The van der Waals surface area contributed by atoms with E-state index in [2.05, 4.69) is 16.0 Å². The fraction of sp³-hybridized carbons (Fsp3) is 0.800. The highest BCUT2D eigenvalue weighted by molar-refractivity contribution is 5.88. The Kier molecular flexibility index (Phi) is 10.7. The molecule has 0 radical (unpaired) electrons. The van der Waals surface area contributed by atoms with Gasteiger partial charge in [0.15, 0.2) is 0 Å². The van der Waals surface area contributed by atoms with Crippen molar-refractivity contribution in [3.8, 4) is 0 Å². The van der Waals surface area contributed by atoms with E-state index in [1.807, 2.05) is 6.92 Å². The minimum Gasteiger partial charge on any atom is -0.356 e. The van der Waals surface area contributed by atoms with Gasteiger partial charge in [-0.05, 0) is 40.3 Å². The Morgan fingerprint density at radius 3 is 2.10 bits per heavy atom. The molecule has 0 unspecified atom stereocenters. The standard InChI is InChI=1S/C15H29N3O3/c1-5-14(20)12(16-3)8-6-7-9-18-15(21)10-13(17-4)11(2)19/h12-13,16-17H,5-10H2,1-4H3,(H,18,21)/t12-,13-/m0/s1. The van der Waals surface area contributed by atoms with Gasteiger partial charge in [-0.1, -0.05) is 6.92 Å². The third-order valence-corrected chi connectivity index (χ3v) is 3.56. The second-order valence-corrected chi connectivity index (χ2v) is 5.16. The Morgan fingerprint density at radius 2 is 1.62 bits per heavy atom. The molecule has 0 aromatic heterocycles. The van der Waals surface area contributed by atoms with Crippen LogP contribution in [0.4, 0.5) is 0 Å². The van der Waals surface area contributed by atoms with Gasteiger partial charge in [0.25, 0.3) is 0 Å². The zero-order valence-electron chi connectivity index (χ0n) is 13.6. The van der Waals surface area contributed by atoms with E-state index in [0.29, 0.717) is 13.0 Å². The zero-order valence-corrected chi connectivity index (χ0v) is 13.6. The van der Waals surface area contributed by atoms with Gasteiger partial charge in [-0.15, -0.1) is 0 Å². The monoisotopic (exact) mass is 299 g/mol. The van der Waals surface area contributed by atoms with Crippen LogP contribution in [0.15, 0.2) is 0 Å². The summed E-state index contributed by atoms with van der Waals surface area (Å²) in [5, 5.41) is 8.64. The Bertz CT molecular complexity index is 345. The van der Waals surface area contributed by atoms with Gasteiger partial charge in [-0.25, -0.2) is 0 Å². The minimum absolute atomic E-state index is 0.0393. The summed E-state index contributed by atoms with van der Waals surface area (Å²) in [5.74, 6) is 0.0572. The molecule has 0 bridgehead atoms. The molecule has 0 aromatic rings. The van der Waals surface area contributed by atoms with Crippen LogP contribution in [0.3, 0.4) is 0 Å². The van der Waals surface area contributed by atoms with E-state index in [-0.39, 0.29) is 29.9 Å². The smallest absolute Gasteiger partial charge is 0.222 e. The number of carbonyl (C=O) groups excluding carboxylic acids is 3. The fourth-order valence-corrected chi connectivity index (χ4v) is 2.12. The second-order valence-electron chi connectivity index (χ2n) is 5.16. The summed E-state index contributed by atoms with van der Waals surface area (Å²) in [6, 6.07) is -0.502. The number of nitrogens with one attached hydrogen (secondary N) is 3. The van der Waals surface area contributed by atoms with Crippen LogP contribution < -0.4 is 16.0 Å². The number of unbranched alkanes of at least 4 members (excludes halogenated alkanes) is 1. The number of hydrogen-bond acceptors (Lipinski definition) is 5. The average Bonchev–Trinajstić information content (AvgIpc) is 2.47. The maximum atomic E-state index is 11.7. The summed E-state index contributed by atoms with van der Waals surface area (Å²) in [5.41, 5.74) is 0. The van der Waals surface area contributed by atoms with Gasteiger partial charge in [0.05, 0.1) is 12.1 Å². The number of rotatable bonds is 12. The van der Waals surface area contributed by atoms with E-state index < -0.39 is 6.04 Å². The average molecular weight is 299 g/mol. The summed E-state index contributed by atoms with van der Waals surface area (Å²) >= 11 is 0. The van der Waals surface area contributed by atoms with Crippen LogP contribution in [-0.2, 0) is 14.4 Å². The predicted octanol–water partition coefficient (Wildman–Crippen LogP) is 0.407. The molecule has 122 valence electrons. The molecule has 0 rings (SSSR count). The molecule has 0 heterocycles. The molecule has 3 N–H and O–H groups in total. The second kappa shape index (κ2) is 11.4. The van der Waals surface area contributed by atoms with Gasteiger partial charge in [0.1, 0.15) is 11.6 Å². The molecular formula is C15H29N3O3. The van der Waals surface area contributed by atoms with Gasteiger partial charge in [0, 0.05) is 19.4 Å². The van der Waals surface area contributed by atoms with Crippen molar-refractivity contribution in [1.29, 1.82) is 0 Å². The van der Waals surface area contributed by atoms with Gasteiger partial charge in [-0.2, -0.15) is 0 Å². The highest BCUT2D eigenvalue weighted by Gasteiger charge is 2.16. The van der Waals surface area contributed by atoms with Crippen molar-refractivity contribution in [2.75, 3.05) is 20.6 Å². The third kappa shape index (κ3) is 8.57. The molecule has 0 saturated heterocycles. The normalized spacial score (nSPS) is 13.5. The lowest BCUT2D eigenvalue weighted by Gasteiger charge is -2.14. The Balaban J connectivity index is 3.82. The molecule has 2 atom stereocenters. The van der Waals surface area contributed by atoms with E-state index in [4.69, 9.17) is 0 Å². The molecule has 0 aliphatic carbocycles. The topological polar surface area (TPSA) is 87.3 Å². The summed E-state index contributed by atoms with van der Waals surface area (Å²) in [6.07, 6.45) is 3.19. The predicted molar refractivity (Wildman–Crippen MR) is 83.2 cm³/mol. The molecule has 21 heavy (non-hydrogen) atoms. The Labute approximate surface area is 127 Å². The zero-order chi connectivity index (χ0) is 16.3. The number of amides is 1. The van der Waals surface area contributed by atoms with Crippen molar-refractivity contribution < 1.29 is 14.4 Å². The lowest BCUT2D eigenvalue weighted by atomic mass is 10.0. The number of carbonyl (C=O) groups is 3. The van der Waals surface area contributed by atoms with Gasteiger partial charge in [-0.3, -0.25) is 14.4 Å². The number of ketones is 2. The lowest BCUT2D eigenvalue weighted by Crippen LogP contribution is -2.38. The third-order valence-electron chi connectivity index (χ3n) is 3.56. The first kappa shape index (κ1) is 19.7. The SMILES string of the molecule is CCC(=O)[C@H](CCCCNC(=O)C[C@H](NC)C(C)=O)NC. The van der Waals surface area contributed by atoms with Crippen molar-refractivity contribution in [2.45, 2.75) is 58.0 Å². The first-order valence-electron chi connectivity index (χ1n) is 7.60. The van der Waals surface area contributed by atoms with Crippen LogP contribution in [-0.4, -0.2) is 50.2 Å². The van der Waals surface area contributed by atoms with E-state index in [0.717, 1.165) is 19.3 Å². The minimum atomic E-state index is -0.416. The van der Waals surface area contributed by atoms with E-state index in [9.17, 15) is 14.4 Å². The van der Waals surface area contributed by atoms with Gasteiger partial charge in [0.2, 0.25) is 5.91 Å². The van der Waals surface area contributed by atoms with Crippen molar-refractivity contribution in [3.05, 3.63) is 0 Å². The quantitative estimate of drug-likeness (QED) is 0.454. The first-order chi connectivity index (χ1) is 9.96. The van der Waals surface area contributed by atoms with Gasteiger partial charge < -0.3 is 16.0 Å². The molecule has 0 saturated carbocycles. The number of hydrogen-bond donors (Lipinski definition) is 3. The fourth-order valence-electron chi connectivity index (χ4n) is 2.12. The summed E-state index contributed by atoms with van der Waals surface area (Å²) in [6.45, 7) is 3.90. The highest BCUT2D eigenvalue weighted by Crippen LogP contribution is 2.03. The van der Waals surface area contributed by atoms with Crippen LogP contribution in [0.2, 0.25) is 0 Å². The molecule has 0 aromatic carbocycles. The van der Waals surface area contributed by atoms with Crippen LogP contribution in [0.1, 0.15) is 46.0 Å². The first-order valence-corrected chi connectivity index (χ1v) is 7.60. The summed E-state index contributed by atoms with van der Waals surface area (Å²) in [4.78, 5) is 34.4. The molecular weight excluding hydrogens is 270 g/mol. The molecule has 6 heteroatoms. The van der Waals surface area contributed by atoms with Gasteiger partial charge >= 0.3 is 0 Å². The summed E-state index contributed by atoms with van der Waals surface area (Å²) < 4.78 is 0. The van der Waals surface area contributed by atoms with Crippen LogP contribution in [0.25, 0.3) is 0 Å². The maximum absolute atomic E-state index is 11.7. The molecule has 6 nitrogen and oxygen atoms in total. The van der Waals surface area contributed by atoms with E-state index in [1.54, 1.807) is 14.1 Å². The highest BCUT2D eigenvalue weighted by atomic mass is 16.2. The molecule has 0 spiro atoms. The molecule has 0 fully saturated rings. The van der Waals surface area contributed by atoms with Crippen molar-refractivity contribution in [1.82, 2.24) is 16.0 Å². The van der Waals surface area contributed by atoms with E-state index >= 15 is 0 Å². The Morgan fingerprint density at radius 1 is 1.00 bits per heavy atom. The molecule has 0 aliphatic heterocycles. The molecule has 0 aliphatic rings. The van der Waals surface area contributed by atoms with Crippen molar-refractivity contribution in [2.24, 2.45) is 0 Å². The van der Waals surface area contributed by atoms with E-state index in [1.165, 1.54) is 6.92 Å². The molecule has 1 amide bonds. The van der Waals surface area contributed by atoms with Crippen molar-refractivity contribution in [3.63, 3.8) is 0 Å². The van der Waals surface area contributed by atoms with Crippen LogP contribution in [0.5, 0.6) is 0 Å². The number of likely N-dealkylation sites (N-methyl/N-ethyl adjacent to an activating group) is 2. The maximum Gasteiger partial charge on any atom is 0.222 e. The largest absolute Gasteiger partial charge is 0.356 e. The van der Waals surface area contributed by atoms with Crippen LogP contribution >= 0.6 is 0 Å². The lowest BCUT2D eigenvalue weighted by molar-refractivity contribution is -0.126. The van der Waals surface area contributed by atoms with Crippen molar-refractivity contribution >= 4 is 17.5 Å². The summed E-state index contributed by atoms with van der Waals surface area (Å²) in [7, 11) is 3.46. The van der Waals surface area contributed by atoms with Crippen LogP contribution in [0, 0.1) is 0 Å². The number of Topliss-reactive ketones (excluding diaryl/α,β-unsaturated/α-hetero) is 2.